The smallest absolute Gasteiger partial charge is 0.227 e. The lowest BCUT2D eigenvalue weighted by molar-refractivity contribution is -0.116. The average Bonchev–Trinajstić information content (AvgIpc) is 2.80. The molecule has 2 aromatic carbocycles. The van der Waals surface area contributed by atoms with E-state index in [9.17, 15) is 4.79 Å². The summed E-state index contributed by atoms with van der Waals surface area (Å²) in [7, 11) is 0. The summed E-state index contributed by atoms with van der Waals surface area (Å²) in [5.41, 5.74) is 2.97. The van der Waals surface area contributed by atoms with Gasteiger partial charge in [-0.3, -0.25) is 4.79 Å². The Bertz CT molecular complexity index is 722. The third-order valence-corrected chi connectivity index (χ3v) is 3.78. The second kappa shape index (κ2) is 9.30. The number of benzene rings is 2. The van der Waals surface area contributed by atoms with Crippen molar-refractivity contribution in [3.05, 3.63) is 53.6 Å². The summed E-state index contributed by atoms with van der Waals surface area (Å²) >= 11 is 0. The summed E-state index contributed by atoms with van der Waals surface area (Å²) in [5, 5.41) is 6.19. The molecule has 3 rings (SSSR count). The van der Waals surface area contributed by atoms with Gasteiger partial charge in [0.25, 0.3) is 0 Å². The predicted molar refractivity (Wildman–Crippen MR) is 101 cm³/mol. The van der Waals surface area contributed by atoms with Crippen molar-refractivity contribution < 1.29 is 14.3 Å². The van der Waals surface area contributed by atoms with Crippen LogP contribution in [-0.4, -0.2) is 25.7 Å². The van der Waals surface area contributed by atoms with Crippen LogP contribution in [0, 0.1) is 6.92 Å². The molecule has 0 spiro atoms. The Morgan fingerprint density at radius 1 is 1.28 bits per heavy atom. The van der Waals surface area contributed by atoms with Crippen LogP contribution < -0.4 is 20.1 Å². The fraction of sp³-hybridized carbons (Fsp3) is 0.316. The van der Waals surface area contributed by atoms with Crippen molar-refractivity contribution >= 4 is 24.0 Å². The van der Waals surface area contributed by atoms with Crippen LogP contribution in [0.15, 0.2) is 42.5 Å². The monoisotopic (exact) mass is 362 g/mol. The molecular weight excluding hydrogens is 340 g/mol. The Labute approximate surface area is 154 Å². The Morgan fingerprint density at radius 3 is 3.00 bits per heavy atom. The molecule has 0 unspecified atom stereocenters. The van der Waals surface area contributed by atoms with Gasteiger partial charge in [-0.1, -0.05) is 12.1 Å². The van der Waals surface area contributed by atoms with E-state index >= 15 is 0 Å². The molecule has 0 atom stereocenters. The second-order valence-electron chi connectivity index (χ2n) is 5.81. The van der Waals surface area contributed by atoms with Gasteiger partial charge in [-0.25, -0.2) is 0 Å². The SMILES string of the molecule is Cc1cccc(OCCC(=O)Nc2ccc3c(c2)CNCCO3)c1.Cl. The summed E-state index contributed by atoms with van der Waals surface area (Å²) < 4.78 is 11.2. The number of fused-ring (bicyclic) bond motifs is 1. The maximum absolute atomic E-state index is 12.1. The molecule has 0 aromatic heterocycles. The van der Waals surface area contributed by atoms with E-state index in [4.69, 9.17) is 9.47 Å². The van der Waals surface area contributed by atoms with Crippen LogP contribution in [0.3, 0.4) is 0 Å². The van der Waals surface area contributed by atoms with Crippen LogP contribution in [0.5, 0.6) is 11.5 Å². The van der Waals surface area contributed by atoms with Crippen LogP contribution >= 0.6 is 12.4 Å². The highest BCUT2D eigenvalue weighted by molar-refractivity contribution is 5.91. The zero-order valence-electron chi connectivity index (χ0n) is 14.2. The minimum Gasteiger partial charge on any atom is -0.493 e. The topological polar surface area (TPSA) is 59.6 Å². The molecule has 0 saturated heterocycles. The molecule has 1 heterocycles. The van der Waals surface area contributed by atoms with E-state index in [1.807, 2.05) is 49.4 Å². The van der Waals surface area contributed by atoms with E-state index in [0.717, 1.165) is 41.4 Å². The molecule has 0 radical (unpaired) electrons. The first-order valence-electron chi connectivity index (χ1n) is 8.16. The predicted octanol–water partition coefficient (Wildman–Crippen LogP) is 3.31. The number of hydrogen-bond acceptors (Lipinski definition) is 4. The van der Waals surface area contributed by atoms with Gasteiger partial charge in [0.2, 0.25) is 5.91 Å². The summed E-state index contributed by atoms with van der Waals surface area (Å²) in [5.74, 6) is 1.60. The van der Waals surface area contributed by atoms with Gasteiger partial charge in [0.15, 0.2) is 0 Å². The Morgan fingerprint density at radius 2 is 2.16 bits per heavy atom. The second-order valence-corrected chi connectivity index (χ2v) is 5.81. The number of anilines is 1. The molecule has 25 heavy (non-hydrogen) atoms. The average molecular weight is 363 g/mol. The quantitative estimate of drug-likeness (QED) is 0.856. The van der Waals surface area contributed by atoms with Crippen molar-refractivity contribution in [3.63, 3.8) is 0 Å². The van der Waals surface area contributed by atoms with Crippen LogP contribution in [0.2, 0.25) is 0 Å². The Hall–Kier alpha value is -2.24. The highest BCUT2D eigenvalue weighted by atomic mass is 35.5. The van der Waals surface area contributed by atoms with Crippen LogP contribution in [-0.2, 0) is 11.3 Å². The Balaban J connectivity index is 0.00000225. The van der Waals surface area contributed by atoms with Gasteiger partial charge in [0, 0.05) is 24.3 Å². The molecule has 0 bridgehead atoms. The summed E-state index contributed by atoms with van der Waals surface area (Å²) in [6.07, 6.45) is 0.305. The molecule has 0 fully saturated rings. The zero-order valence-corrected chi connectivity index (χ0v) is 15.0. The van der Waals surface area contributed by atoms with E-state index in [-0.39, 0.29) is 18.3 Å². The van der Waals surface area contributed by atoms with Crippen LogP contribution in [0.4, 0.5) is 5.69 Å². The van der Waals surface area contributed by atoms with Crippen molar-refractivity contribution in [3.8, 4) is 11.5 Å². The molecule has 1 amide bonds. The number of ether oxygens (including phenoxy) is 2. The molecule has 134 valence electrons. The van der Waals surface area contributed by atoms with Gasteiger partial charge in [0.05, 0.1) is 13.0 Å². The fourth-order valence-corrected chi connectivity index (χ4v) is 2.58. The molecule has 1 aliphatic heterocycles. The van der Waals surface area contributed by atoms with E-state index in [1.165, 1.54) is 0 Å². The van der Waals surface area contributed by atoms with E-state index in [2.05, 4.69) is 10.6 Å². The lowest BCUT2D eigenvalue weighted by atomic mass is 10.1. The van der Waals surface area contributed by atoms with E-state index in [0.29, 0.717) is 19.6 Å². The molecule has 2 N–H and O–H groups in total. The van der Waals surface area contributed by atoms with Crippen molar-refractivity contribution in [2.45, 2.75) is 19.9 Å². The van der Waals surface area contributed by atoms with Gasteiger partial charge >= 0.3 is 0 Å². The van der Waals surface area contributed by atoms with E-state index < -0.39 is 0 Å². The largest absolute Gasteiger partial charge is 0.493 e. The number of nitrogens with one attached hydrogen (secondary N) is 2. The summed E-state index contributed by atoms with van der Waals surface area (Å²) in [6.45, 7) is 4.60. The number of carbonyl (C=O) groups excluding carboxylic acids is 1. The van der Waals surface area contributed by atoms with Crippen molar-refractivity contribution in [1.29, 1.82) is 0 Å². The van der Waals surface area contributed by atoms with Crippen LogP contribution in [0.25, 0.3) is 0 Å². The third-order valence-electron chi connectivity index (χ3n) is 3.78. The van der Waals surface area contributed by atoms with Crippen LogP contribution in [0.1, 0.15) is 17.5 Å². The third kappa shape index (κ3) is 5.66. The molecule has 0 aliphatic carbocycles. The standard InChI is InChI=1S/C19H22N2O3.ClH/c1-14-3-2-4-17(11-14)23-9-7-19(22)21-16-5-6-18-15(12-16)13-20-8-10-24-18;/h2-6,11-12,20H,7-10,13H2,1H3,(H,21,22);1H. The van der Waals surface area contributed by atoms with Gasteiger partial charge in [-0.15, -0.1) is 12.4 Å². The highest BCUT2D eigenvalue weighted by Crippen LogP contribution is 2.24. The van der Waals surface area contributed by atoms with Crippen molar-refractivity contribution in [2.75, 3.05) is 25.1 Å². The first-order chi connectivity index (χ1) is 11.7. The summed E-state index contributed by atoms with van der Waals surface area (Å²) in [6, 6.07) is 13.5. The number of carbonyl (C=O) groups is 1. The highest BCUT2D eigenvalue weighted by Gasteiger charge is 2.10. The minimum absolute atomic E-state index is 0. The number of halogens is 1. The normalized spacial score (nSPS) is 12.8. The Kier molecular flexibility index (Phi) is 7.10. The maximum Gasteiger partial charge on any atom is 0.227 e. The van der Waals surface area contributed by atoms with Gasteiger partial charge in [-0.2, -0.15) is 0 Å². The lowest BCUT2D eigenvalue weighted by Crippen LogP contribution is -2.16. The van der Waals surface area contributed by atoms with Gasteiger partial charge < -0.3 is 20.1 Å². The molecule has 6 heteroatoms. The first kappa shape index (κ1) is 19.1. The number of amides is 1. The zero-order chi connectivity index (χ0) is 16.8. The van der Waals surface area contributed by atoms with E-state index in [1.54, 1.807) is 0 Å². The number of aryl methyl sites for hydroxylation is 1. The number of hydrogen-bond donors (Lipinski definition) is 2. The minimum atomic E-state index is -0.0647. The van der Waals surface area contributed by atoms with Gasteiger partial charge in [-0.05, 0) is 42.8 Å². The van der Waals surface area contributed by atoms with Crippen molar-refractivity contribution in [2.24, 2.45) is 0 Å². The first-order valence-corrected chi connectivity index (χ1v) is 8.16. The van der Waals surface area contributed by atoms with Crippen molar-refractivity contribution in [1.82, 2.24) is 5.32 Å². The molecular formula is C19H23ClN2O3. The molecule has 0 saturated carbocycles. The number of rotatable bonds is 5. The maximum atomic E-state index is 12.1. The molecule has 1 aliphatic rings. The summed E-state index contributed by atoms with van der Waals surface area (Å²) in [4.78, 5) is 12.1. The molecule has 2 aromatic rings. The molecule has 5 nitrogen and oxygen atoms in total. The lowest BCUT2D eigenvalue weighted by Gasteiger charge is -2.11. The van der Waals surface area contributed by atoms with Gasteiger partial charge in [0.1, 0.15) is 18.1 Å². The fourth-order valence-electron chi connectivity index (χ4n) is 2.58.